The molecular weight excluding hydrogens is 501 g/mol. The molecule has 39 heavy (non-hydrogen) atoms. The number of piperidine rings is 1. The van der Waals surface area contributed by atoms with E-state index in [0.717, 1.165) is 24.1 Å². The molecule has 0 aliphatic carbocycles. The number of hydrogen-bond donors (Lipinski definition) is 0. The third-order valence-corrected chi connectivity index (χ3v) is 7.21. The minimum absolute atomic E-state index is 0.0948. The van der Waals surface area contributed by atoms with Crippen LogP contribution in [0.4, 0.5) is 14.9 Å². The lowest BCUT2D eigenvalue weighted by molar-refractivity contribution is -0.238. The zero-order valence-electron chi connectivity index (χ0n) is 23.2. The number of ether oxygens (including phenoxy) is 4. The maximum Gasteiger partial charge on any atom is 0.410 e. The summed E-state index contributed by atoms with van der Waals surface area (Å²) in [4.78, 5) is 16.3. The van der Waals surface area contributed by atoms with Gasteiger partial charge in [0, 0.05) is 43.7 Å². The Bertz CT molecular complexity index is 1160. The van der Waals surface area contributed by atoms with Crippen LogP contribution in [0.3, 0.4) is 0 Å². The lowest BCUT2D eigenvalue weighted by Crippen LogP contribution is -2.51. The number of anilines is 1. The van der Waals surface area contributed by atoms with Gasteiger partial charge < -0.3 is 28.7 Å². The highest BCUT2D eigenvalue weighted by Gasteiger charge is 2.41. The molecule has 2 fully saturated rings. The van der Waals surface area contributed by atoms with Crippen molar-refractivity contribution in [2.24, 2.45) is 5.41 Å². The van der Waals surface area contributed by atoms with Gasteiger partial charge in [-0.25, -0.2) is 9.18 Å². The van der Waals surface area contributed by atoms with Gasteiger partial charge in [-0.3, -0.25) is 0 Å². The number of hydrogen-bond acceptors (Lipinski definition) is 7. The lowest BCUT2D eigenvalue weighted by atomic mass is 9.79. The summed E-state index contributed by atoms with van der Waals surface area (Å²) in [5, 5.41) is 9.17. The van der Waals surface area contributed by atoms with E-state index in [1.165, 1.54) is 13.2 Å². The Kier molecular flexibility index (Phi) is 8.98. The van der Waals surface area contributed by atoms with Crippen LogP contribution in [0.5, 0.6) is 5.75 Å². The van der Waals surface area contributed by atoms with E-state index in [9.17, 15) is 14.4 Å². The number of rotatable bonds is 7. The summed E-state index contributed by atoms with van der Waals surface area (Å²) in [6, 6.07) is 14.4. The largest absolute Gasteiger partial charge is 0.494 e. The third kappa shape index (κ3) is 7.61. The molecule has 0 N–H and O–H groups in total. The topological polar surface area (TPSA) is 84.3 Å². The number of amides is 1. The van der Waals surface area contributed by atoms with E-state index in [1.54, 1.807) is 23.1 Å². The number of halogens is 1. The van der Waals surface area contributed by atoms with E-state index in [-0.39, 0.29) is 23.5 Å². The average Bonchev–Trinajstić information content (AvgIpc) is 2.91. The zero-order chi connectivity index (χ0) is 28.0. The van der Waals surface area contributed by atoms with Gasteiger partial charge in [-0.05, 0) is 75.6 Å². The highest BCUT2D eigenvalue weighted by atomic mass is 19.1. The van der Waals surface area contributed by atoms with Crippen molar-refractivity contribution < 1.29 is 28.1 Å². The highest BCUT2D eigenvalue weighted by Crippen LogP contribution is 2.37. The molecule has 2 aliphatic rings. The number of benzene rings is 2. The monoisotopic (exact) mass is 539 g/mol. The summed E-state index contributed by atoms with van der Waals surface area (Å²) < 4.78 is 37.2. The Morgan fingerprint density at radius 2 is 1.82 bits per heavy atom. The molecule has 0 bridgehead atoms. The van der Waals surface area contributed by atoms with Crippen LogP contribution in [-0.4, -0.2) is 62.8 Å². The van der Waals surface area contributed by atoms with Crippen molar-refractivity contribution in [3.8, 4) is 11.8 Å². The molecule has 1 spiro atoms. The molecule has 8 nitrogen and oxygen atoms in total. The smallest absolute Gasteiger partial charge is 0.410 e. The van der Waals surface area contributed by atoms with Gasteiger partial charge >= 0.3 is 6.09 Å². The second kappa shape index (κ2) is 12.2. The second-order valence-electron chi connectivity index (χ2n) is 11.4. The van der Waals surface area contributed by atoms with Crippen LogP contribution >= 0.6 is 0 Å². The van der Waals surface area contributed by atoms with Gasteiger partial charge in [0.25, 0.3) is 0 Å². The van der Waals surface area contributed by atoms with Crippen LogP contribution in [0.1, 0.15) is 51.2 Å². The van der Waals surface area contributed by atoms with E-state index < -0.39 is 11.4 Å². The molecule has 0 unspecified atom stereocenters. The van der Waals surface area contributed by atoms with Gasteiger partial charge in [0.1, 0.15) is 5.60 Å². The first-order valence-electron chi connectivity index (χ1n) is 13.4. The van der Waals surface area contributed by atoms with Crippen LogP contribution in [0.15, 0.2) is 42.5 Å². The maximum atomic E-state index is 14.3. The molecule has 2 aromatic carbocycles. The molecule has 2 heterocycles. The highest BCUT2D eigenvalue weighted by molar-refractivity contribution is 5.68. The summed E-state index contributed by atoms with van der Waals surface area (Å²) in [6.45, 7) is 9.12. The van der Waals surface area contributed by atoms with Crippen LogP contribution in [0, 0.1) is 22.6 Å². The molecular formula is C30H38FN3O5. The van der Waals surface area contributed by atoms with Gasteiger partial charge in [-0.2, -0.15) is 5.26 Å². The molecule has 2 aromatic rings. The van der Waals surface area contributed by atoms with Crippen molar-refractivity contribution in [3.05, 3.63) is 59.4 Å². The van der Waals surface area contributed by atoms with Crippen LogP contribution < -0.4 is 9.64 Å². The predicted molar refractivity (Wildman–Crippen MR) is 145 cm³/mol. The van der Waals surface area contributed by atoms with Gasteiger partial charge in [0.05, 0.1) is 32.0 Å². The Balaban J connectivity index is 1.33. The number of nitriles is 1. The Morgan fingerprint density at radius 3 is 2.38 bits per heavy atom. The van der Waals surface area contributed by atoms with E-state index in [2.05, 4.69) is 11.0 Å². The fraction of sp³-hybridized carbons (Fsp3) is 0.533. The SMILES string of the molecule is COc1ccc(CN(CCC2OCC3(CCN(C(=O)OC(C)(C)C)CC3)CO2)c2ccc(C#N)cc2)cc1F. The van der Waals surface area contributed by atoms with Crippen molar-refractivity contribution in [3.63, 3.8) is 0 Å². The molecule has 9 heteroatoms. The van der Waals surface area contributed by atoms with Gasteiger partial charge in [-0.1, -0.05) is 6.07 Å². The van der Waals surface area contributed by atoms with Gasteiger partial charge in [-0.15, -0.1) is 0 Å². The predicted octanol–water partition coefficient (Wildman–Crippen LogP) is 5.49. The molecule has 4 rings (SSSR count). The number of likely N-dealkylation sites (tertiary alicyclic amines) is 1. The van der Waals surface area contributed by atoms with Crippen LogP contribution in [-0.2, 0) is 20.8 Å². The standard InChI is InChI=1S/C30H38FN3O5/c1-29(2,3)39-28(35)33-15-12-30(13-16-33)20-37-27(38-21-30)11-14-34(24-8-5-22(18-32)6-9-24)19-23-7-10-26(36-4)25(31)17-23/h5-10,17,27H,11-16,19-21H2,1-4H3. The van der Waals surface area contributed by atoms with E-state index in [4.69, 9.17) is 18.9 Å². The quantitative estimate of drug-likeness (QED) is 0.460. The summed E-state index contributed by atoms with van der Waals surface area (Å²) in [7, 11) is 1.44. The molecule has 0 atom stereocenters. The van der Waals surface area contributed by atoms with Crippen molar-refractivity contribution in [1.29, 1.82) is 5.26 Å². The first-order chi connectivity index (χ1) is 18.6. The molecule has 0 aromatic heterocycles. The van der Waals surface area contributed by atoms with E-state index in [1.807, 2.05) is 39.0 Å². The van der Waals surface area contributed by atoms with Gasteiger partial charge in [0.2, 0.25) is 0 Å². The van der Waals surface area contributed by atoms with E-state index >= 15 is 0 Å². The molecule has 2 aliphatic heterocycles. The minimum atomic E-state index is -0.510. The molecule has 0 radical (unpaired) electrons. The molecule has 2 saturated heterocycles. The molecule has 1 amide bonds. The second-order valence-corrected chi connectivity index (χ2v) is 11.4. The Hall–Kier alpha value is -3.35. The van der Waals surface area contributed by atoms with Crippen molar-refractivity contribution in [1.82, 2.24) is 4.90 Å². The zero-order valence-corrected chi connectivity index (χ0v) is 23.2. The summed E-state index contributed by atoms with van der Waals surface area (Å²) in [5.41, 5.74) is 1.70. The normalized spacial score (nSPS) is 17.5. The van der Waals surface area contributed by atoms with Gasteiger partial charge in [0.15, 0.2) is 17.9 Å². The summed E-state index contributed by atoms with van der Waals surface area (Å²) in [5.74, 6) is -0.199. The maximum absolute atomic E-state index is 14.3. The number of carbonyl (C=O) groups excluding carboxylic acids is 1. The number of methoxy groups -OCH3 is 1. The van der Waals surface area contributed by atoms with Crippen molar-refractivity contribution in [2.75, 3.05) is 44.9 Å². The summed E-state index contributed by atoms with van der Waals surface area (Å²) in [6.07, 6.45) is 1.61. The first kappa shape index (κ1) is 28.7. The first-order valence-corrected chi connectivity index (χ1v) is 13.4. The van der Waals surface area contributed by atoms with Crippen LogP contribution in [0.25, 0.3) is 0 Å². The minimum Gasteiger partial charge on any atom is -0.494 e. The number of nitrogens with zero attached hydrogens (tertiary/aromatic N) is 3. The Labute approximate surface area is 230 Å². The Morgan fingerprint density at radius 1 is 1.15 bits per heavy atom. The molecule has 0 saturated carbocycles. The third-order valence-electron chi connectivity index (χ3n) is 7.21. The fourth-order valence-electron chi connectivity index (χ4n) is 4.91. The van der Waals surface area contributed by atoms with E-state index in [0.29, 0.717) is 51.4 Å². The van der Waals surface area contributed by atoms with Crippen LogP contribution in [0.2, 0.25) is 0 Å². The average molecular weight is 540 g/mol. The lowest BCUT2D eigenvalue weighted by Gasteiger charge is -2.45. The number of carbonyl (C=O) groups is 1. The summed E-state index contributed by atoms with van der Waals surface area (Å²) >= 11 is 0. The fourth-order valence-corrected chi connectivity index (χ4v) is 4.91. The molecule has 210 valence electrons. The van der Waals surface area contributed by atoms with Crippen molar-refractivity contribution in [2.45, 2.75) is 58.5 Å². The van der Waals surface area contributed by atoms with Crippen molar-refractivity contribution >= 4 is 11.8 Å².